The Hall–Kier alpha value is -0.390. The number of unbranched alkanes of at least 4 members (excludes halogenated alkanes) is 1. The van der Waals surface area contributed by atoms with Gasteiger partial charge in [-0.1, -0.05) is 6.42 Å². The Morgan fingerprint density at radius 1 is 1.56 bits per heavy atom. The Morgan fingerprint density at radius 2 is 2.28 bits per heavy atom. The second-order valence-corrected chi connectivity index (χ2v) is 6.66. The van der Waals surface area contributed by atoms with Gasteiger partial charge in [0.25, 0.3) is 0 Å². The molecule has 18 heavy (non-hydrogen) atoms. The Labute approximate surface area is 121 Å². The van der Waals surface area contributed by atoms with E-state index in [1.807, 2.05) is 6.92 Å². The van der Waals surface area contributed by atoms with Gasteiger partial charge in [-0.2, -0.15) is 0 Å². The van der Waals surface area contributed by atoms with E-state index in [-0.39, 0.29) is 12.0 Å². The number of halogens is 1. The van der Waals surface area contributed by atoms with Crippen LogP contribution in [0, 0.1) is 6.92 Å². The molecule has 0 aliphatic carbocycles. The van der Waals surface area contributed by atoms with Crippen molar-refractivity contribution >= 4 is 33.2 Å². The molecule has 0 radical (unpaired) electrons. The normalized spacial score (nSPS) is 12.4. The molecule has 1 unspecified atom stereocenters. The fourth-order valence-electron chi connectivity index (χ4n) is 1.68. The van der Waals surface area contributed by atoms with Gasteiger partial charge in [-0.3, -0.25) is 4.79 Å². The van der Waals surface area contributed by atoms with Gasteiger partial charge in [0.15, 0.2) is 0 Å². The van der Waals surface area contributed by atoms with E-state index in [1.165, 1.54) is 10.4 Å². The van der Waals surface area contributed by atoms with Crippen molar-refractivity contribution in [3.05, 3.63) is 20.3 Å². The Balaban J connectivity index is 2.25. The fraction of sp³-hybridized carbons (Fsp3) is 0.615. The number of hydrogen-bond donors (Lipinski definition) is 1. The van der Waals surface area contributed by atoms with E-state index in [9.17, 15) is 4.79 Å². The molecule has 1 heterocycles. The molecule has 0 spiro atoms. The van der Waals surface area contributed by atoms with Crippen LogP contribution in [0.4, 0.5) is 0 Å². The van der Waals surface area contributed by atoms with Crippen molar-refractivity contribution in [3.63, 3.8) is 0 Å². The molecule has 0 bridgehead atoms. The number of esters is 1. The first-order valence-corrected chi connectivity index (χ1v) is 7.82. The maximum atomic E-state index is 11.1. The molecule has 0 saturated carbocycles. The van der Waals surface area contributed by atoms with Gasteiger partial charge in [-0.25, -0.2) is 0 Å². The third kappa shape index (κ3) is 5.08. The molecule has 0 amide bonds. The van der Waals surface area contributed by atoms with Gasteiger partial charge in [0.2, 0.25) is 0 Å². The average molecular weight is 334 g/mol. The summed E-state index contributed by atoms with van der Waals surface area (Å²) in [6.45, 7) is 4.35. The topological polar surface area (TPSA) is 52.3 Å². The molecule has 1 rings (SSSR count). The highest BCUT2D eigenvalue weighted by Crippen LogP contribution is 2.32. The molecule has 1 aromatic heterocycles. The first-order valence-electron chi connectivity index (χ1n) is 6.21. The van der Waals surface area contributed by atoms with Crippen molar-refractivity contribution in [2.24, 2.45) is 5.73 Å². The Morgan fingerprint density at radius 3 is 2.83 bits per heavy atom. The molecule has 0 fully saturated rings. The zero-order valence-corrected chi connectivity index (χ0v) is 13.3. The van der Waals surface area contributed by atoms with Crippen LogP contribution < -0.4 is 5.73 Å². The van der Waals surface area contributed by atoms with Gasteiger partial charge in [0.1, 0.15) is 0 Å². The van der Waals surface area contributed by atoms with Gasteiger partial charge in [0, 0.05) is 17.3 Å². The third-order valence-electron chi connectivity index (χ3n) is 2.69. The van der Waals surface area contributed by atoms with Gasteiger partial charge in [0.05, 0.1) is 10.4 Å². The summed E-state index contributed by atoms with van der Waals surface area (Å²) in [5.41, 5.74) is 7.36. The number of hydrogen-bond acceptors (Lipinski definition) is 4. The number of thiophene rings is 1. The van der Waals surface area contributed by atoms with Crippen molar-refractivity contribution in [1.29, 1.82) is 0 Å². The van der Waals surface area contributed by atoms with Gasteiger partial charge >= 0.3 is 5.97 Å². The molecular weight excluding hydrogens is 314 g/mol. The molecule has 0 aromatic carbocycles. The van der Waals surface area contributed by atoms with Gasteiger partial charge in [-0.15, -0.1) is 11.3 Å². The minimum atomic E-state index is -0.110. The molecule has 2 N–H and O–H groups in total. The molecular formula is C13H20BrNO2S. The maximum absolute atomic E-state index is 11.1. The van der Waals surface area contributed by atoms with Crippen molar-refractivity contribution < 1.29 is 9.53 Å². The number of nitrogens with two attached hydrogens (primary N) is 1. The summed E-state index contributed by atoms with van der Waals surface area (Å²) in [4.78, 5) is 12.4. The summed E-state index contributed by atoms with van der Waals surface area (Å²) in [5.74, 6) is -0.110. The summed E-state index contributed by atoms with van der Waals surface area (Å²) < 4.78 is 6.03. The summed E-state index contributed by atoms with van der Waals surface area (Å²) in [5, 5.41) is 0. The molecule has 1 atom stereocenters. The minimum Gasteiger partial charge on any atom is -0.466 e. The van der Waals surface area contributed by atoms with Crippen LogP contribution in [0.2, 0.25) is 0 Å². The lowest BCUT2D eigenvalue weighted by atomic mass is 10.1. The Kier molecular flexibility index (Phi) is 6.89. The van der Waals surface area contributed by atoms with E-state index in [4.69, 9.17) is 10.5 Å². The molecule has 1 aromatic rings. The second kappa shape index (κ2) is 7.92. The monoisotopic (exact) mass is 333 g/mol. The van der Waals surface area contributed by atoms with Crippen molar-refractivity contribution in [3.8, 4) is 0 Å². The highest BCUT2D eigenvalue weighted by molar-refractivity contribution is 9.11. The second-order valence-electron chi connectivity index (χ2n) is 4.26. The van der Waals surface area contributed by atoms with Gasteiger partial charge in [-0.05, 0) is 54.2 Å². The van der Waals surface area contributed by atoms with Crippen LogP contribution >= 0.6 is 27.3 Å². The summed E-state index contributed by atoms with van der Waals surface area (Å²) >= 11 is 5.20. The smallest absolute Gasteiger partial charge is 0.305 e. The van der Waals surface area contributed by atoms with Crippen LogP contribution in [0.5, 0.6) is 0 Å². The molecule has 3 nitrogen and oxygen atoms in total. The van der Waals surface area contributed by atoms with Crippen LogP contribution in [0.3, 0.4) is 0 Å². The molecule has 102 valence electrons. The quantitative estimate of drug-likeness (QED) is 0.607. The number of carbonyl (C=O) groups is 1. The van der Waals surface area contributed by atoms with E-state index in [0.717, 1.165) is 23.0 Å². The van der Waals surface area contributed by atoms with Crippen LogP contribution in [-0.4, -0.2) is 12.6 Å². The number of aryl methyl sites for hydroxylation is 1. The third-order valence-corrected chi connectivity index (χ3v) is 4.96. The van der Waals surface area contributed by atoms with Gasteiger partial charge < -0.3 is 10.5 Å². The highest BCUT2D eigenvalue weighted by atomic mass is 79.9. The number of rotatable bonds is 7. The van der Waals surface area contributed by atoms with Crippen LogP contribution in [0.25, 0.3) is 0 Å². The van der Waals surface area contributed by atoms with E-state index in [0.29, 0.717) is 13.0 Å². The Bertz CT molecular complexity index is 373. The predicted molar refractivity (Wildman–Crippen MR) is 78.8 cm³/mol. The van der Waals surface area contributed by atoms with E-state index < -0.39 is 0 Å². The minimum absolute atomic E-state index is 0.0715. The first-order chi connectivity index (χ1) is 8.54. The zero-order valence-electron chi connectivity index (χ0n) is 10.9. The predicted octanol–water partition coefficient (Wildman–Crippen LogP) is 3.94. The summed E-state index contributed by atoms with van der Waals surface area (Å²) in [6, 6.07) is 2.20. The fourth-order valence-corrected chi connectivity index (χ4v) is 3.28. The zero-order chi connectivity index (χ0) is 13.5. The lowest BCUT2D eigenvalue weighted by Crippen LogP contribution is -2.09. The van der Waals surface area contributed by atoms with Crippen molar-refractivity contribution in [2.75, 3.05) is 6.61 Å². The highest BCUT2D eigenvalue weighted by Gasteiger charge is 2.11. The average Bonchev–Trinajstić information content (AvgIpc) is 2.65. The summed E-state index contributed by atoms with van der Waals surface area (Å²) in [7, 11) is 0. The van der Waals surface area contributed by atoms with Crippen LogP contribution in [0.1, 0.15) is 49.1 Å². The standard InChI is InChI=1S/C13H20BrNO2S/c1-3-17-12(16)7-5-4-6-10(15)11-8-9(2)13(14)18-11/h8,10H,3-7,15H2,1-2H3. The molecule has 0 aliphatic heterocycles. The summed E-state index contributed by atoms with van der Waals surface area (Å²) in [6.07, 6.45) is 3.20. The van der Waals surface area contributed by atoms with E-state index in [2.05, 4.69) is 28.9 Å². The van der Waals surface area contributed by atoms with Crippen molar-refractivity contribution in [1.82, 2.24) is 0 Å². The lowest BCUT2D eigenvalue weighted by molar-refractivity contribution is -0.143. The molecule has 5 heteroatoms. The van der Waals surface area contributed by atoms with Crippen molar-refractivity contribution in [2.45, 2.75) is 45.6 Å². The number of carbonyl (C=O) groups excluding carboxylic acids is 1. The SMILES string of the molecule is CCOC(=O)CCCCC(N)c1cc(C)c(Br)s1. The first kappa shape index (κ1) is 15.7. The maximum Gasteiger partial charge on any atom is 0.305 e. The van der Waals surface area contributed by atoms with E-state index in [1.54, 1.807) is 11.3 Å². The largest absolute Gasteiger partial charge is 0.466 e. The van der Waals surface area contributed by atoms with Crippen LogP contribution in [-0.2, 0) is 9.53 Å². The molecule has 0 saturated heterocycles. The lowest BCUT2D eigenvalue weighted by Gasteiger charge is -2.08. The van der Waals surface area contributed by atoms with Crippen LogP contribution in [0.15, 0.2) is 9.85 Å². The number of ether oxygens (including phenoxy) is 1. The molecule has 0 aliphatic rings. The van der Waals surface area contributed by atoms with E-state index >= 15 is 0 Å².